The van der Waals surface area contributed by atoms with Gasteiger partial charge in [-0.2, -0.15) is 0 Å². The van der Waals surface area contributed by atoms with Crippen molar-refractivity contribution in [1.29, 1.82) is 0 Å². The van der Waals surface area contributed by atoms with E-state index in [1.54, 1.807) is 30.3 Å². The van der Waals surface area contributed by atoms with Crippen LogP contribution in [0.1, 0.15) is 37.0 Å². The maximum atomic E-state index is 14.4. The van der Waals surface area contributed by atoms with Gasteiger partial charge in [-0.15, -0.1) is 0 Å². The highest BCUT2D eigenvalue weighted by atomic mass is 35.5. The lowest BCUT2D eigenvalue weighted by atomic mass is 10.0. The summed E-state index contributed by atoms with van der Waals surface area (Å²) in [6, 6.07) is 30.6. The van der Waals surface area contributed by atoms with Gasteiger partial charge in [0.15, 0.2) is 0 Å². The molecule has 0 saturated heterocycles. The van der Waals surface area contributed by atoms with Gasteiger partial charge in [-0.05, 0) is 67.8 Å². The Hall–Kier alpha value is -4.14. The van der Waals surface area contributed by atoms with Gasteiger partial charge in [0.1, 0.15) is 12.6 Å². The lowest BCUT2D eigenvalue weighted by Crippen LogP contribution is -2.54. The zero-order chi connectivity index (χ0) is 31.7. The van der Waals surface area contributed by atoms with E-state index in [9.17, 15) is 18.0 Å². The number of nitrogens with one attached hydrogen (secondary N) is 1. The van der Waals surface area contributed by atoms with Crippen LogP contribution < -0.4 is 9.62 Å². The summed E-state index contributed by atoms with van der Waals surface area (Å²) in [5.74, 6) is -0.803. The van der Waals surface area contributed by atoms with E-state index in [0.717, 1.165) is 27.4 Å². The van der Waals surface area contributed by atoms with Crippen molar-refractivity contribution in [2.24, 2.45) is 0 Å². The highest BCUT2D eigenvalue weighted by Gasteiger charge is 2.35. The summed E-state index contributed by atoms with van der Waals surface area (Å²) in [5.41, 5.74) is 3.10. The van der Waals surface area contributed by atoms with Crippen molar-refractivity contribution in [3.05, 3.63) is 131 Å². The van der Waals surface area contributed by atoms with E-state index in [1.807, 2.05) is 75.4 Å². The monoisotopic (exact) mass is 631 g/mol. The highest BCUT2D eigenvalue weighted by Crippen LogP contribution is 2.26. The molecule has 0 radical (unpaired) electrons. The molecule has 2 atom stereocenters. The van der Waals surface area contributed by atoms with Gasteiger partial charge in [0, 0.05) is 24.0 Å². The Labute approximate surface area is 265 Å². The fourth-order valence-electron chi connectivity index (χ4n) is 4.74. The quantitative estimate of drug-likeness (QED) is 0.185. The van der Waals surface area contributed by atoms with Crippen molar-refractivity contribution >= 4 is 39.1 Å². The Morgan fingerprint density at radius 3 is 2.00 bits per heavy atom. The average molecular weight is 632 g/mol. The Balaban J connectivity index is 1.78. The van der Waals surface area contributed by atoms with E-state index in [0.29, 0.717) is 10.7 Å². The van der Waals surface area contributed by atoms with Gasteiger partial charge >= 0.3 is 0 Å². The van der Waals surface area contributed by atoms with Gasteiger partial charge in [0.05, 0.1) is 10.6 Å². The third-order valence-corrected chi connectivity index (χ3v) is 9.51. The maximum absolute atomic E-state index is 14.4. The second-order valence-electron chi connectivity index (χ2n) is 10.8. The first kappa shape index (κ1) is 32.8. The number of para-hydroxylation sites is 1. The molecule has 0 aliphatic heterocycles. The van der Waals surface area contributed by atoms with Crippen LogP contribution in [0.4, 0.5) is 5.69 Å². The SMILES string of the molecule is CCC(C)NC(=O)C(Cc1ccccc1)N(Cc1ccc(C)cc1)C(=O)CN(c1ccccc1)S(=O)(=O)c1ccc(Cl)cc1. The molecule has 0 aromatic heterocycles. The summed E-state index contributed by atoms with van der Waals surface area (Å²) in [7, 11) is -4.18. The zero-order valence-electron chi connectivity index (χ0n) is 25.2. The number of nitrogens with zero attached hydrogens (tertiary/aromatic N) is 2. The highest BCUT2D eigenvalue weighted by molar-refractivity contribution is 7.92. The minimum atomic E-state index is -4.18. The second kappa shape index (κ2) is 15.0. The number of carbonyl (C=O) groups is 2. The smallest absolute Gasteiger partial charge is 0.264 e. The summed E-state index contributed by atoms with van der Waals surface area (Å²) in [5, 5.41) is 3.44. The Bertz CT molecular complexity index is 1630. The van der Waals surface area contributed by atoms with E-state index >= 15 is 0 Å². The normalized spacial score (nSPS) is 12.6. The third kappa shape index (κ3) is 8.49. The van der Waals surface area contributed by atoms with Crippen LogP contribution in [-0.4, -0.2) is 43.8 Å². The molecule has 0 bridgehead atoms. The molecule has 0 saturated carbocycles. The predicted molar refractivity (Wildman–Crippen MR) is 176 cm³/mol. The molecule has 0 heterocycles. The lowest BCUT2D eigenvalue weighted by molar-refractivity contribution is -0.140. The number of hydrogen-bond acceptors (Lipinski definition) is 4. The third-order valence-electron chi connectivity index (χ3n) is 7.47. The molecule has 44 heavy (non-hydrogen) atoms. The van der Waals surface area contributed by atoms with Gasteiger partial charge in [-0.1, -0.05) is 96.9 Å². The van der Waals surface area contributed by atoms with Crippen molar-refractivity contribution in [3.8, 4) is 0 Å². The molecule has 0 aliphatic rings. The van der Waals surface area contributed by atoms with Gasteiger partial charge in [-0.3, -0.25) is 13.9 Å². The average Bonchev–Trinajstić information content (AvgIpc) is 3.03. The molecule has 0 fully saturated rings. The molecule has 4 aromatic carbocycles. The van der Waals surface area contributed by atoms with Crippen LogP contribution >= 0.6 is 11.6 Å². The first-order chi connectivity index (χ1) is 21.1. The van der Waals surface area contributed by atoms with Crippen molar-refractivity contribution in [3.63, 3.8) is 0 Å². The number of sulfonamides is 1. The standard InChI is InChI=1S/C35H38ClN3O4S/c1-4-27(3)37-35(41)33(23-28-11-7-5-8-12-28)38(24-29-17-15-26(2)16-18-29)34(40)25-39(31-13-9-6-10-14-31)44(42,43)32-21-19-30(36)20-22-32/h5-22,27,33H,4,23-25H2,1-3H3,(H,37,41). The number of hydrogen-bond donors (Lipinski definition) is 1. The lowest BCUT2D eigenvalue weighted by Gasteiger charge is -2.34. The summed E-state index contributed by atoms with van der Waals surface area (Å²) < 4.78 is 29.1. The zero-order valence-corrected chi connectivity index (χ0v) is 26.8. The molecule has 230 valence electrons. The van der Waals surface area contributed by atoms with Gasteiger partial charge in [-0.25, -0.2) is 8.42 Å². The number of carbonyl (C=O) groups excluding carboxylic acids is 2. The number of benzene rings is 4. The molecule has 2 amide bonds. The number of rotatable bonds is 13. The van der Waals surface area contributed by atoms with E-state index in [4.69, 9.17) is 11.6 Å². The fraction of sp³-hybridized carbons (Fsp3) is 0.257. The molecule has 2 unspecified atom stereocenters. The molecule has 0 spiro atoms. The first-order valence-corrected chi connectivity index (χ1v) is 16.4. The molecule has 4 rings (SSSR count). The summed E-state index contributed by atoms with van der Waals surface area (Å²) in [6.45, 7) is 5.48. The van der Waals surface area contributed by atoms with Gasteiger partial charge in [0.2, 0.25) is 11.8 Å². The van der Waals surface area contributed by atoms with Gasteiger partial charge in [0.25, 0.3) is 10.0 Å². The number of anilines is 1. The fourth-order valence-corrected chi connectivity index (χ4v) is 6.28. The van der Waals surface area contributed by atoms with Crippen LogP contribution in [0.15, 0.2) is 114 Å². The summed E-state index contributed by atoms with van der Waals surface area (Å²) in [4.78, 5) is 29.8. The second-order valence-corrected chi connectivity index (χ2v) is 13.1. The molecular weight excluding hydrogens is 594 g/mol. The minimum Gasteiger partial charge on any atom is -0.352 e. The van der Waals surface area contributed by atoms with Crippen molar-refractivity contribution in [2.75, 3.05) is 10.8 Å². The summed E-state index contributed by atoms with van der Waals surface area (Å²) in [6.07, 6.45) is 0.979. The first-order valence-electron chi connectivity index (χ1n) is 14.6. The van der Waals surface area contributed by atoms with Crippen LogP contribution in [0.3, 0.4) is 0 Å². The Morgan fingerprint density at radius 1 is 0.818 bits per heavy atom. The Kier molecular flexibility index (Phi) is 11.2. The van der Waals surface area contributed by atoms with Crippen molar-refractivity contribution in [1.82, 2.24) is 10.2 Å². The van der Waals surface area contributed by atoms with E-state index in [-0.39, 0.29) is 29.8 Å². The van der Waals surface area contributed by atoms with Crippen molar-refractivity contribution < 1.29 is 18.0 Å². The minimum absolute atomic E-state index is 0.000938. The molecule has 9 heteroatoms. The van der Waals surface area contributed by atoms with E-state index < -0.39 is 28.5 Å². The van der Waals surface area contributed by atoms with Crippen LogP contribution in [-0.2, 0) is 32.6 Å². The van der Waals surface area contributed by atoms with Gasteiger partial charge < -0.3 is 10.2 Å². The maximum Gasteiger partial charge on any atom is 0.264 e. The van der Waals surface area contributed by atoms with E-state index in [1.165, 1.54) is 29.2 Å². The number of halogens is 1. The number of aryl methyl sites for hydroxylation is 1. The van der Waals surface area contributed by atoms with Crippen molar-refractivity contribution in [2.45, 2.75) is 57.1 Å². The molecule has 4 aromatic rings. The van der Waals surface area contributed by atoms with Crippen LogP contribution in [0, 0.1) is 6.92 Å². The van der Waals surface area contributed by atoms with E-state index in [2.05, 4.69) is 5.32 Å². The van der Waals surface area contributed by atoms with Crippen LogP contribution in [0.25, 0.3) is 0 Å². The summed E-state index contributed by atoms with van der Waals surface area (Å²) >= 11 is 6.04. The largest absolute Gasteiger partial charge is 0.352 e. The predicted octanol–water partition coefficient (Wildman–Crippen LogP) is 6.40. The van der Waals surface area contributed by atoms with Crippen LogP contribution in [0.5, 0.6) is 0 Å². The molecule has 1 N–H and O–H groups in total. The molecular formula is C35H38ClN3O4S. The molecule has 7 nitrogen and oxygen atoms in total. The van der Waals surface area contributed by atoms with Crippen LogP contribution in [0.2, 0.25) is 5.02 Å². The Morgan fingerprint density at radius 2 is 1.41 bits per heavy atom. The molecule has 0 aliphatic carbocycles. The number of amides is 2. The topological polar surface area (TPSA) is 86.8 Å².